The second-order valence-electron chi connectivity index (χ2n) is 4.45. The van der Waals surface area contributed by atoms with E-state index in [0.29, 0.717) is 11.3 Å². The zero-order chi connectivity index (χ0) is 14.6. The largest absolute Gasteiger partial charge is 0.467 e. The predicted molar refractivity (Wildman–Crippen MR) is 76.7 cm³/mol. The number of amides is 1. The highest BCUT2D eigenvalue weighted by Gasteiger charge is 2.25. The van der Waals surface area contributed by atoms with Crippen molar-refractivity contribution in [3.63, 3.8) is 0 Å². The Kier molecular flexibility index (Phi) is 5.35. The molecule has 1 aromatic rings. The van der Waals surface area contributed by atoms with Crippen LogP contribution in [-0.4, -0.2) is 25.0 Å². The van der Waals surface area contributed by atoms with Crippen LogP contribution in [0.25, 0.3) is 0 Å². The quantitative estimate of drug-likeness (QED) is 0.654. The molecular formula is C13H17BrN2O3. The van der Waals surface area contributed by atoms with Crippen molar-refractivity contribution in [1.29, 1.82) is 0 Å². The van der Waals surface area contributed by atoms with Gasteiger partial charge in [0.25, 0.3) is 5.91 Å². The Hall–Kier alpha value is -1.56. The Balaban J connectivity index is 2.91. The zero-order valence-corrected chi connectivity index (χ0v) is 12.7. The van der Waals surface area contributed by atoms with Crippen LogP contribution in [0.4, 0.5) is 5.69 Å². The number of hydrogen-bond donors (Lipinski definition) is 2. The minimum Gasteiger partial charge on any atom is -0.467 e. The maximum absolute atomic E-state index is 12.1. The maximum Gasteiger partial charge on any atom is 0.328 e. The van der Waals surface area contributed by atoms with Gasteiger partial charge in [0.1, 0.15) is 6.04 Å². The van der Waals surface area contributed by atoms with Crippen molar-refractivity contribution in [3.05, 3.63) is 28.2 Å². The molecule has 19 heavy (non-hydrogen) atoms. The van der Waals surface area contributed by atoms with E-state index in [0.717, 1.165) is 4.47 Å². The minimum absolute atomic E-state index is 0.0759. The molecule has 0 fully saturated rings. The fourth-order valence-electron chi connectivity index (χ4n) is 1.58. The fraction of sp³-hybridized carbons (Fsp3) is 0.385. The van der Waals surface area contributed by atoms with Crippen LogP contribution in [0.3, 0.4) is 0 Å². The van der Waals surface area contributed by atoms with E-state index in [-0.39, 0.29) is 5.92 Å². The van der Waals surface area contributed by atoms with Gasteiger partial charge in [-0.25, -0.2) is 4.79 Å². The van der Waals surface area contributed by atoms with Gasteiger partial charge in [-0.1, -0.05) is 29.8 Å². The normalized spacial score (nSPS) is 12.1. The van der Waals surface area contributed by atoms with Gasteiger partial charge in [0.2, 0.25) is 0 Å². The summed E-state index contributed by atoms with van der Waals surface area (Å²) >= 11 is 3.27. The molecule has 0 aromatic heterocycles. The van der Waals surface area contributed by atoms with Gasteiger partial charge in [0, 0.05) is 10.2 Å². The van der Waals surface area contributed by atoms with E-state index in [1.807, 2.05) is 13.8 Å². The topological polar surface area (TPSA) is 81.4 Å². The van der Waals surface area contributed by atoms with Crippen LogP contribution in [0.15, 0.2) is 22.7 Å². The Bertz CT molecular complexity index is 489. The smallest absolute Gasteiger partial charge is 0.328 e. The van der Waals surface area contributed by atoms with Crippen molar-refractivity contribution in [3.8, 4) is 0 Å². The zero-order valence-electron chi connectivity index (χ0n) is 11.1. The number of hydrogen-bond acceptors (Lipinski definition) is 4. The highest BCUT2D eigenvalue weighted by Crippen LogP contribution is 2.19. The Morgan fingerprint density at radius 3 is 2.47 bits per heavy atom. The second-order valence-corrected chi connectivity index (χ2v) is 5.37. The van der Waals surface area contributed by atoms with Crippen molar-refractivity contribution in [2.75, 3.05) is 12.8 Å². The molecule has 1 atom stereocenters. The molecule has 1 amide bonds. The average Bonchev–Trinajstić information content (AvgIpc) is 2.34. The van der Waals surface area contributed by atoms with Gasteiger partial charge in [0.15, 0.2) is 0 Å². The van der Waals surface area contributed by atoms with Crippen molar-refractivity contribution < 1.29 is 14.3 Å². The first-order chi connectivity index (χ1) is 8.86. The van der Waals surface area contributed by atoms with E-state index in [4.69, 9.17) is 5.73 Å². The SMILES string of the molecule is COC(=O)[C@@H](NC(=O)c1ccc(Br)cc1N)C(C)C. The van der Waals surface area contributed by atoms with Crippen LogP contribution in [0.2, 0.25) is 0 Å². The molecular weight excluding hydrogens is 312 g/mol. The summed E-state index contributed by atoms with van der Waals surface area (Å²) in [6, 6.07) is 4.26. The number of carbonyl (C=O) groups is 2. The van der Waals surface area contributed by atoms with Crippen molar-refractivity contribution in [1.82, 2.24) is 5.32 Å². The lowest BCUT2D eigenvalue weighted by Gasteiger charge is -2.20. The summed E-state index contributed by atoms with van der Waals surface area (Å²) in [4.78, 5) is 23.7. The van der Waals surface area contributed by atoms with Gasteiger partial charge in [-0.3, -0.25) is 4.79 Å². The third kappa shape index (κ3) is 3.96. The number of benzene rings is 1. The van der Waals surface area contributed by atoms with Crippen molar-refractivity contribution in [2.45, 2.75) is 19.9 Å². The Morgan fingerprint density at radius 2 is 2.00 bits per heavy atom. The van der Waals surface area contributed by atoms with Gasteiger partial charge in [-0.05, 0) is 24.1 Å². The molecule has 0 saturated carbocycles. The number of rotatable bonds is 4. The molecule has 0 unspecified atom stereocenters. The minimum atomic E-state index is -0.694. The van der Waals surface area contributed by atoms with Gasteiger partial charge >= 0.3 is 5.97 Å². The standard InChI is InChI=1S/C13H17BrN2O3/c1-7(2)11(13(18)19-3)16-12(17)9-5-4-8(14)6-10(9)15/h4-7,11H,15H2,1-3H3,(H,16,17)/t11-/m0/s1. The molecule has 0 spiro atoms. The molecule has 104 valence electrons. The van der Waals surface area contributed by atoms with Crippen LogP contribution in [-0.2, 0) is 9.53 Å². The number of anilines is 1. The molecule has 3 N–H and O–H groups in total. The maximum atomic E-state index is 12.1. The lowest BCUT2D eigenvalue weighted by molar-refractivity contribution is -0.144. The highest BCUT2D eigenvalue weighted by atomic mass is 79.9. The van der Waals surface area contributed by atoms with Crippen LogP contribution in [0.1, 0.15) is 24.2 Å². The number of carbonyl (C=O) groups excluding carboxylic acids is 2. The van der Waals surface area contributed by atoms with Crippen LogP contribution < -0.4 is 11.1 Å². The molecule has 1 rings (SSSR count). The first kappa shape index (κ1) is 15.5. The van der Waals surface area contributed by atoms with Crippen LogP contribution in [0, 0.1) is 5.92 Å². The lowest BCUT2D eigenvalue weighted by atomic mass is 10.0. The molecule has 0 aliphatic carbocycles. The van der Waals surface area contributed by atoms with Gasteiger partial charge in [-0.15, -0.1) is 0 Å². The monoisotopic (exact) mass is 328 g/mol. The Labute approximate surface area is 120 Å². The molecule has 0 radical (unpaired) electrons. The van der Waals surface area contributed by atoms with E-state index >= 15 is 0 Å². The first-order valence-corrected chi connectivity index (χ1v) is 6.59. The molecule has 1 aromatic carbocycles. The van der Waals surface area contributed by atoms with E-state index in [2.05, 4.69) is 26.0 Å². The molecule has 0 aliphatic rings. The fourth-order valence-corrected chi connectivity index (χ4v) is 1.96. The summed E-state index contributed by atoms with van der Waals surface area (Å²) in [5, 5.41) is 2.63. The average molecular weight is 329 g/mol. The summed E-state index contributed by atoms with van der Waals surface area (Å²) in [6.07, 6.45) is 0. The number of methoxy groups -OCH3 is 1. The summed E-state index contributed by atoms with van der Waals surface area (Å²) < 4.78 is 5.45. The van der Waals surface area contributed by atoms with E-state index in [1.165, 1.54) is 7.11 Å². The molecule has 0 saturated heterocycles. The number of halogens is 1. The third-order valence-corrected chi connectivity index (χ3v) is 3.16. The summed E-state index contributed by atoms with van der Waals surface area (Å²) in [5.74, 6) is -0.943. The summed E-state index contributed by atoms with van der Waals surface area (Å²) in [6.45, 7) is 3.65. The third-order valence-electron chi connectivity index (χ3n) is 2.67. The van der Waals surface area contributed by atoms with Crippen molar-refractivity contribution in [2.24, 2.45) is 5.92 Å². The molecule has 0 heterocycles. The van der Waals surface area contributed by atoms with Crippen LogP contribution in [0.5, 0.6) is 0 Å². The lowest BCUT2D eigenvalue weighted by Crippen LogP contribution is -2.45. The molecule has 0 aliphatic heterocycles. The van der Waals surface area contributed by atoms with E-state index in [1.54, 1.807) is 18.2 Å². The van der Waals surface area contributed by atoms with E-state index < -0.39 is 17.9 Å². The number of esters is 1. The summed E-state index contributed by atoms with van der Waals surface area (Å²) in [5.41, 5.74) is 6.45. The first-order valence-electron chi connectivity index (χ1n) is 5.80. The highest BCUT2D eigenvalue weighted by molar-refractivity contribution is 9.10. The van der Waals surface area contributed by atoms with E-state index in [9.17, 15) is 9.59 Å². The summed E-state index contributed by atoms with van der Waals surface area (Å²) in [7, 11) is 1.29. The second kappa shape index (κ2) is 6.56. The van der Waals surface area contributed by atoms with Gasteiger partial charge in [-0.2, -0.15) is 0 Å². The number of ether oxygens (including phenoxy) is 1. The predicted octanol–water partition coefficient (Wildman–Crippen LogP) is 1.96. The number of nitrogen functional groups attached to an aromatic ring is 1. The number of nitrogens with one attached hydrogen (secondary N) is 1. The van der Waals surface area contributed by atoms with Crippen LogP contribution >= 0.6 is 15.9 Å². The number of nitrogens with two attached hydrogens (primary N) is 1. The van der Waals surface area contributed by atoms with Gasteiger partial charge in [0.05, 0.1) is 12.7 Å². The Morgan fingerprint density at radius 1 is 1.37 bits per heavy atom. The molecule has 6 heteroatoms. The van der Waals surface area contributed by atoms with Crippen molar-refractivity contribution >= 4 is 33.5 Å². The molecule has 0 bridgehead atoms. The van der Waals surface area contributed by atoms with Gasteiger partial charge < -0.3 is 15.8 Å². The molecule has 5 nitrogen and oxygen atoms in total.